The Morgan fingerprint density at radius 2 is 2.10 bits per heavy atom. The molecule has 0 aromatic heterocycles. The van der Waals surface area contributed by atoms with Crippen LogP contribution in [0.25, 0.3) is 0 Å². The summed E-state index contributed by atoms with van der Waals surface area (Å²) in [5, 5.41) is 18.3. The van der Waals surface area contributed by atoms with Crippen LogP contribution in [0.2, 0.25) is 5.02 Å². The van der Waals surface area contributed by atoms with Crippen molar-refractivity contribution in [1.29, 1.82) is 5.26 Å². The van der Waals surface area contributed by atoms with Gasteiger partial charge in [0.05, 0.1) is 17.2 Å². The summed E-state index contributed by atoms with van der Waals surface area (Å²) in [5.74, 6) is -0.322. The van der Waals surface area contributed by atoms with Gasteiger partial charge in [-0.05, 0) is 35.9 Å². The van der Waals surface area contributed by atoms with Gasteiger partial charge in [-0.1, -0.05) is 23.7 Å². The Hall–Kier alpha value is -1.96. The molecule has 0 radical (unpaired) electrons. The number of nitrogens with zero attached hydrogens (tertiary/aromatic N) is 1. The molecule has 0 bridgehead atoms. The monoisotopic (exact) mass is 303 g/mol. The third-order valence-electron chi connectivity index (χ3n) is 2.66. The highest BCUT2D eigenvalue weighted by Gasteiger charge is 2.06. The molecule has 0 saturated carbocycles. The maximum absolute atomic E-state index is 10.9. The van der Waals surface area contributed by atoms with Crippen LogP contribution in [0, 0.1) is 11.3 Å². The van der Waals surface area contributed by atoms with Gasteiger partial charge in [0.1, 0.15) is 0 Å². The fraction of sp³-hybridized carbons (Fsp3) is 0.0667. The predicted molar refractivity (Wildman–Crippen MR) is 79.1 cm³/mol. The first-order valence-corrected chi connectivity index (χ1v) is 7.11. The van der Waals surface area contributed by atoms with Gasteiger partial charge >= 0.3 is 5.97 Å². The SMILES string of the molecule is N#Cc1ccc(CSc2cccc(C(=O)O)c2)c(Cl)c1. The summed E-state index contributed by atoms with van der Waals surface area (Å²) < 4.78 is 0. The molecule has 2 rings (SSSR count). The van der Waals surface area contributed by atoms with Crippen molar-refractivity contribution in [2.75, 3.05) is 0 Å². The molecule has 3 nitrogen and oxygen atoms in total. The Labute approximate surface area is 125 Å². The third kappa shape index (κ3) is 3.53. The molecule has 1 N–H and O–H groups in total. The van der Waals surface area contributed by atoms with Crippen LogP contribution in [-0.2, 0) is 5.75 Å². The van der Waals surface area contributed by atoms with E-state index in [1.54, 1.807) is 30.3 Å². The van der Waals surface area contributed by atoms with Gasteiger partial charge in [-0.25, -0.2) is 4.79 Å². The van der Waals surface area contributed by atoms with E-state index in [0.29, 0.717) is 16.3 Å². The van der Waals surface area contributed by atoms with E-state index < -0.39 is 5.97 Å². The van der Waals surface area contributed by atoms with Gasteiger partial charge in [-0.2, -0.15) is 5.26 Å². The lowest BCUT2D eigenvalue weighted by Gasteiger charge is -2.05. The van der Waals surface area contributed by atoms with Crippen LogP contribution in [0.15, 0.2) is 47.4 Å². The van der Waals surface area contributed by atoms with Gasteiger partial charge in [0.2, 0.25) is 0 Å². The molecule has 100 valence electrons. The van der Waals surface area contributed by atoms with Crippen molar-refractivity contribution in [2.24, 2.45) is 0 Å². The molecule has 0 atom stereocenters. The molecule has 0 heterocycles. The summed E-state index contributed by atoms with van der Waals surface area (Å²) in [4.78, 5) is 11.8. The molecule has 0 spiro atoms. The number of carboxylic acids is 1. The van der Waals surface area contributed by atoms with E-state index in [1.807, 2.05) is 18.2 Å². The second kappa shape index (κ2) is 6.47. The molecule has 0 aliphatic rings. The molecule has 20 heavy (non-hydrogen) atoms. The number of rotatable bonds is 4. The van der Waals surface area contributed by atoms with E-state index in [1.165, 1.54) is 11.8 Å². The van der Waals surface area contributed by atoms with Crippen molar-refractivity contribution in [3.8, 4) is 6.07 Å². The second-order valence-corrected chi connectivity index (χ2v) is 5.50. The van der Waals surface area contributed by atoms with Crippen LogP contribution in [0.3, 0.4) is 0 Å². The molecular formula is C15H10ClNO2S. The van der Waals surface area contributed by atoms with Gasteiger partial charge in [-0.3, -0.25) is 0 Å². The van der Waals surface area contributed by atoms with Crippen molar-refractivity contribution < 1.29 is 9.90 Å². The fourth-order valence-corrected chi connectivity index (χ4v) is 2.90. The van der Waals surface area contributed by atoms with Crippen molar-refractivity contribution in [3.05, 3.63) is 64.2 Å². The number of halogens is 1. The van der Waals surface area contributed by atoms with Crippen LogP contribution < -0.4 is 0 Å². The highest BCUT2D eigenvalue weighted by Crippen LogP contribution is 2.27. The van der Waals surface area contributed by atoms with Crippen LogP contribution in [0.4, 0.5) is 0 Å². The number of thioether (sulfide) groups is 1. The molecule has 0 fully saturated rings. The van der Waals surface area contributed by atoms with Gasteiger partial charge < -0.3 is 5.11 Å². The second-order valence-electron chi connectivity index (χ2n) is 4.04. The molecule has 2 aromatic carbocycles. The van der Waals surface area contributed by atoms with E-state index in [9.17, 15) is 4.79 Å². The lowest BCUT2D eigenvalue weighted by atomic mass is 10.2. The summed E-state index contributed by atoms with van der Waals surface area (Å²) in [6.07, 6.45) is 0. The number of carbonyl (C=O) groups is 1. The molecule has 0 aliphatic heterocycles. The van der Waals surface area contributed by atoms with Crippen LogP contribution >= 0.6 is 23.4 Å². The van der Waals surface area contributed by atoms with Gasteiger partial charge in [0.25, 0.3) is 0 Å². The molecule has 0 unspecified atom stereocenters. The van der Waals surface area contributed by atoms with Crippen LogP contribution in [0.1, 0.15) is 21.5 Å². The van der Waals surface area contributed by atoms with Crippen molar-refractivity contribution >= 4 is 29.3 Å². The predicted octanol–water partition coefficient (Wildman–Crippen LogP) is 4.20. The molecule has 0 aliphatic carbocycles. The summed E-state index contributed by atoms with van der Waals surface area (Å²) >= 11 is 7.60. The lowest BCUT2D eigenvalue weighted by molar-refractivity contribution is 0.0696. The zero-order valence-corrected chi connectivity index (χ0v) is 11.9. The average Bonchev–Trinajstić information content (AvgIpc) is 2.46. The van der Waals surface area contributed by atoms with Gasteiger partial charge in [0.15, 0.2) is 0 Å². The fourth-order valence-electron chi connectivity index (χ4n) is 1.61. The van der Waals surface area contributed by atoms with Crippen LogP contribution in [0.5, 0.6) is 0 Å². The maximum Gasteiger partial charge on any atom is 0.335 e. The summed E-state index contributed by atoms with van der Waals surface area (Å²) in [6.45, 7) is 0. The minimum Gasteiger partial charge on any atom is -0.478 e. The zero-order valence-electron chi connectivity index (χ0n) is 10.3. The lowest BCUT2D eigenvalue weighted by Crippen LogP contribution is -1.95. The molecule has 0 saturated heterocycles. The topological polar surface area (TPSA) is 61.1 Å². The highest BCUT2D eigenvalue weighted by molar-refractivity contribution is 7.98. The van der Waals surface area contributed by atoms with Crippen molar-refractivity contribution in [3.63, 3.8) is 0 Å². The molecular weight excluding hydrogens is 294 g/mol. The van der Waals surface area contributed by atoms with E-state index in [4.69, 9.17) is 22.0 Å². The Morgan fingerprint density at radius 1 is 1.30 bits per heavy atom. The Kier molecular flexibility index (Phi) is 4.67. The van der Waals surface area contributed by atoms with Crippen LogP contribution in [-0.4, -0.2) is 11.1 Å². The third-order valence-corrected chi connectivity index (χ3v) is 4.05. The smallest absolute Gasteiger partial charge is 0.335 e. The first-order chi connectivity index (χ1) is 9.60. The van der Waals surface area contributed by atoms with E-state index in [0.717, 1.165) is 10.5 Å². The summed E-state index contributed by atoms with van der Waals surface area (Å²) in [5.41, 5.74) is 1.70. The molecule has 0 amide bonds. The Bertz CT molecular complexity index is 695. The van der Waals surface area contributed by atoms with E-state index in [2.05, 4.69) is 0 Å². The van der Waals surface area contributed by atoms with Gasteiger partial charge in [-0.15, -0.1) is 11.8 Å². The highest BCUT2D eigenvalue weighted by atomic mass is 35.5. The van der Waals surface area contributed by atoms with Crippen molar-refractivity contribution in [2.45, 2.75) is 10.6 Å². The first-order valence-electron chi connectivity index (χ1n) is 5.75. The van der Waals surface area contributed by atoms with Gasteiger partial charge in [0, 0.05) is 15.7 Å². The summed E-state index contributed by atoms with van der Waals surface area (Å²) in [7, 11) is 0. The maximum atomic E-state index is 10.9. The first kappa shape index (κ1) is 14.4. The largest absolute Gasteiger partial charge is 0.478 e. The van der Waals surface area contributed by atoms with E-state index >= 15 is 0 Å². The normalized spacial score (nSPS) is 10.0. The minimum absolute atomic E-state index is 0.265. The Morgan fingerprint density at radius 3 is 2.75 bits per heavy atom. The average molecular weight is 304 g/mol. The number of benzene rings is 2. The van der Waals surface area contributed by atoms with Crippen molar-refractivity contribution in [1.82, 2.24) is 0 Å². The minimum atomic E-state index is -0.941. The summed E-state index contributed by atoms with van der Waals surface area (Å²) in [6, 6.07) is 14.0. The standard InChI is InChI=1S/C15H10ClNO2S/c16-14-6-10(8-17)4-5-12(14)9-20-13-3-1-2-11(7-13)15(18)19/h1-7H,9H2,(H,18,19). The number of carboxylic acid groups (broad SMARTS) is 1. The number of hydrogen-bond donors (Lipinski definition) is 1. The number of nitriles is 1. The number of aromatic carboxylic acids is 1. The quantitative estimate of drug-likeness (QED) is 0.860. The number of hydrogen-bond acceptors (Lipinski definition) is 3. The molecule has 2 aromatic rings. The Balaban J connectivity index is 2.11. The molecule has 5 heteroatoms. The van der Waals surface area contributed by atoms with E-state index in [-0.39, 0.29) is 5.56 Å². The zero-order chi connectivity index (χ0) is 14.5.